The second kappa shape index (κ2) is 6.54. The van der Waals surface area contributed by atoms with Crippen LogP contribution in [-0.2, 0) is 16.0 Å². The van der Waals surface area contributed by atoms with E-state index in [1.165, 1.54) is 19.2 Å². The number of carbonyl (C=O) groups excluding carboxylic acids is 1. The molecule has 116 valence electrons. The maximum atomic E-state index is 13.0. The molecule has 1 unspecified atom stereocenters. The largest absolute Gasteiger partial charge is 0.375 e. The van der Waals surface area contributed by atoms with Crippen molar-refractivity contribution in [1.29, 1.82) is 0 Å². The van der Waals surface area contributed by atoms with E-state index in [0.29, 0.717) is 0 Å². The molecule has 1 amide bonds. The highest BCUT2D eigenvalue weighted by molar-refractivity contribution is 7.15. The Kier molecular flexibility index (Phi) is 4.49. The summed E-state index contributed by atoms with van der Waals surface area (Å²) in [6.45, 7) is 0.0649. The highest BCUT2D eigenvalue weighted by Crippen LogP contribution is 2.37. The third-order valence-electron chi connectivity index (χ3n) is 3.65. The zero-order chi connectivity index (χ0) is 15.5. The van der Waals surface area contributed by atoms with E-state index in [1.54, 1.807) is 23.5 Å². The number of nitrogens with zero attached hydrogens (tertiary/aromatic N) is 1. The second-order valence-electron chi connectivity index (χ2n) is 5.28. The van der Waals surface area contributed by atoms with E-state index in [4.69, 9.17) is 4.74 Å². The van der Waals surface area contributed by atoms with E-state index in [2.05, 4.69) is 10.3 Å². The quantitative estimate of drug-likeness (QED) is 0.942. The van der Waals surface area contributed by atoms with E-state index in [0.717, 1.165) is 40.4 Å². The SMILES string of the molecule is COCC(=O)NC1CCCc2nc(-c3ccc(F)cc3)sc21. The molecule has 0 bridgehead atoms. The molecule has 0 saturated heterocycles. The summed E-state index contributed by atoms with van der Waals surface area (Å²) < 4.78 is 17.9. The first-order valence-electron chi connectivity index (χ1n) is 7.21. The summed E-state index contributed by atoms with van der Waals surface area (Å²) in [7, 11) is 1.51. The number of nitrogens with one attached hydrogen (secondary N) is 1. The van der Waals surface area contributed by atoms with Gasteiger partial charge in [-0.2, -0.15) is 0 Å². The van der Waals surface area contributed by atoms with Crippen LogP contribution in [0.15, 0.2) is 24.3 Å². The van der Waals surface area contributed by atoms with Gasteiger partial charge in [0.1, 0.15) is 17.4 Å². The lowest BCUT2D eigenvalue weighted by molar-refractivity contribution is -0.125. The van der Waals surface area contributed by atoms with Gasteiger partial charge in [0.05, 0.1) is 16.6 Å². The van der Waals surface area contributed by atoms with E-state index >= 15 is 0 Å². The molecule has 0 radical (unpaired) electrons. The summed E-state index contributed by atoms with van der Waals surface area (Å²) in [6.07, 6.45) is 2.83. The molecule has 1 heterocycles. The highest BCUT2D eigenvalue weighted by Gasteiger charge is 2.26. The number of halogens is 1. The van der Waals surface area contributed by atoms with Crippen LogP contribution in [0.5, 0.6) is 0 Å². The van der Waals surface area contributed by atoms with Crippen LogP contribution >= 0.6 is 11.3 Å². The number of hydrogen-bond acceptors (Lipinski definition) is 4. The fourth-order valence-corrected chi connectivity index (χ4v) is 3.84. The number of amides is 1. The van der Waals surface area contributed by atoms with Crippen LogP contribution in [-0.4, -0.2) is 24.6 Å². The van der Waals surface area contributed by atoms with Gasteiger partial charge in [-0.3, -0.25) is 4.79 Å². The fourth-order valence-electron chi connectivity index (χ4n) is 2.64. The highest BCUT2D eigenvalue weighted by atomic mass is 32.1. The lowest BCUT2D eigenvalue weighted by Gasteiger charge is -2.22. The van der Waals surface area contributed by atoms with E-state index in [1.807, 2.05) is 0 Å². The van der Waals surface area contributed by atoms with Crippen molar-refractivity contribution in [3.05, 3.63) is 40.7 Å². The molecule has 2 aromatic rings. The molecule has 1 N–H and O–H groups in total. The minimum absolute atomic E-state index is 0.00176. The molecular formula is C16H17FN2O2S. The maximum absolute atomic E-state index is 13.0. The molecule has 6 heteroatoms. The maximum Gasteiger partial charge on any atom is 0.246 e. The molecule has 1 aromatic heterocycles. The van der Waals surface area contributed by atoms with Crippen LogP contribution in [0.3, 0.4) is 0 Å². The van der Waals surface area contributed by atoms with Crippen molar-refractivity contribution in [2.75, 3.05) is 13.7 Å². The van der Waals surface area contributed by atoms with Gasteiger partial charge in [-0.05, 0) is 43.5 Å². The lowest BCUT2D eigenvalue weighted by Crippen LogP contribution is -2.32. The molecule has 0 saturated carbocycles. The van der Waals surface area contributed by atoms with Gasteiger partial charge in [-0.25, -0.2) is 9.37 Å². The number of ether oxygens (including phenoxy) is 1. The number of thiazole rings is 1. The average molecular weight is 320 g/mol. The van der Waals surface area contributed by atoms with Crippen LogP contribution in [0.2, 0.25) is 0 Å². The number of fused-ring (bicyclic) bond motifs is 1. The number of hydrogen-bond donors (Lipinski definition) is 1. The van der Waals surface area contributed by atoms with Gasteiger partial charge in [0.15, 0.2) is 0 Å². The molecule has 0 spiro atoms. The number of aromatic nitrogens is 1. The Balaban J connectivity index is 1.85. The summed E-state index contributed by atoms with van der Waals surface area (Å²) in [5.41, 5.74) is 1.95. The predicted molar refractivity (Wildman–Crippen MR) is 83.2 cm³/mol. The summed E-state index contributed by atoms with van der Waals surface area (Å²) in [6, 6.07) is 6.34. The Hall–Kier alpha value is -1.79. The Morgan fingerprint density at radius 2 is 2.23 bits per heavy atom. The Labute approximate surface area is 132 Å². The number of benzene rings is 1. The van der Waals surface area contributed by atoms with Gasteiger partial charge < -0.3 is 10.1 Å². The molecule has 1 aliphatic rings. The third-order valence-corrected chi connectivity index (χ3v) is 4.91. The summed E-state index contributed by atoms with van der Waals surface area (Å²) in [5.74, 6) is -0.369. The normalized spacial score (nSPS) is 17.1. The van der Waals surface area contributed by atoms with Crippen molar-refractivity contribution in [3.63, 3.8) is 0 Å². The van der Waals surface area contributed by atoms with Crippen LogP contribution in [0.25, 0.3) is 10.6 Å². The van der Waals surface area contributed by atoms with Crippen LogP contribution in [0.4, 0.5) is 4.39 Å². The van der Waals surface area contributed by atoms with Gasteiger partial charge in [0.2, 0.25) is 5.91 Å². The van der Waals surface area contributed by atoms with Crippen molar-refractivity contribution < 1.29 is 13.9 Å². The first-order valence-corrected chi connectivity index (χ1v) is 8.03. The van der Waals surface area contributed by atoms with Crippen molar-refractivity contribution in [1.82, 2.24) is 10.3 Å². The standard InChI is InChI=1S/C16H17FN2O2S/c1-21-9-14(20)18-12-3-2-4-13-15(12)22-16(19-13)10-5-7-11(17)8-6-10/h5-8,12H,2-4,9H2,1H3,(H,18,20). The minimum atomic E-state index is -0.255. The smallest absolute Gasteiger partial charge is 0.246 e. The van der Waals surface area contributed by atoms with Crippen molar-refractivity contribution >= 4 is 17.2 Å². The molecule has 1 aliphatic carbocycles. The van der Waals surface area contributed by atoms with Gasteiger partial charge in [0.25, 0.3) is 0 Å². The van der Waals surface area contributed by atoms with Crippen LogP contribution in [0.1, 0.15) is 29.5 Å². The average Bonchev–Trinajstić information content (AvgIpc) is 2.93. The number of rotatable bonds is 4. The summed E-state index contributed by atoms with van der Waals surface area (Å²) in [4.78, 5) is 17.5. The Morgan fingerprint density at radius 3 is 2.95 bits per heavy atom. The topological polar surface area (TPSA) is 51.2 Å². The van der Waals surface area contributed by atoms with Gasteiger partial charge in [0, 0.05) is 12.7 Å². The molecule has 1 atom stereocenters. The van der Waals surface area contributed by atoms with Gasteiger partial charge in [-0.15, -0.1) is 11.3 Å². The number of carbonyl (C=O) groups is 1. The summed E-state index contributed by atoms with van der Waals surface area (Å²) in [5, 5.41) is 3.87. The van der Waals surface area contributed by atoms with E-state index < -0.39 is 0 Å². The third kappa shape index (κ3) is 3.18. The lowest BCUT2D eigenvalue weighted by atomic mass is 9.98. The van der Waals surface area contributed by atoms with Gasteiger partial charge in [-0.1, -0.05) is 0 Å². The fraction of sp³-hybridized carbons (Fsp3) is 0.375. The van der Waals surface area contributed by atoms with E-state index in [-0.39, 0.29) is 24.4 Å². The van der Waals surface area contributed by atoms with Crippen molar-refractivity contribution in [2.45, 2.75) is 25.3 Å². The first kappa shape index (κ1) is 15.1. The Bertz CT molecular complexity index is 669. The predicted octanol–water partition coefficient (Wildman–Crippen LogP) is 3.09. The van der Waals surface area contributed by atoms with Crippen molar-refractivity contribution in [3.8, 4) is 10.6 Å². The number of methoxy groups -OCH3 is 1. The van der Waals surface area contributed by atoms with Gasteiger partial charge >= 0.3 is 0 Å². The first-order chi connectivity index (χ1) is 10.7. The second-order valence-corrected chi connectivity index (χ2v) is 6.31. The molecule has 4 nitrogen and oxygen atoms in total. The van der Waals surface area contributed by atoms with Crippen molar-refractivity contribution in [2.24, 2.45) is 0 Å². The summed E-state index contributed by atoms with van der Waals surface area (Å²) >= 11 is 1.57. The van der Waals surface area contributed by atoms with E-state index in [9.17, 15) is 9.18 Å². The Morgan fingerprint density at radius 1 is 1.45 bits per heavy atom. The molecular weight excluding hydrogens is 303 g/mol. The van der Waals surface area contributed by atoms with Crippen LogP contribution < -0.4 is 5.32 Å². The number of aryl methyl sites for hydroxylation is 1. The molecule has 22 heavy (non-hydrogen) atoms. The minimum Gasteiger partial charge on any atom is -0.375 e. The molecule has 1 aromatic carbocycles. The molecule has 3 rings (SSSR count). The molecule has 0 aliphatic heterocycles. The zero-order valence-corrected chi connectivity index (χ0v) is 13.1. The van der Waals surface area contributed by atoms with Crippen LogP contribution in [0, 0.1) is 5.82 Å². The molecule has 0 fully saturated rings. The zero-order valence-electron chi connectivity index (χ0n) is 12.3. The monoisotopic (exact) mass is 320 g/mol.